The largest absolute Gasteiger partial charge is 0.480 e. The Hall–Kier alpha value is -2.25. The van der Waals surface area contributed by atoms with Crippen LogP contribution < -0.4 is 10.6 Å². The highest BCUT2D eigenvalue weighted by Crippen LogP contribution is 2.15. The average molecular weight is 609 g/mol. The Kier molecular flexibility index (Phi) is 24.8. The third-order valence-corrected chi connectivity index (χ3v) is 8.68. The van der Waals surface area contributed by atoms with E-state index in [1.165, 1.54) is 51.4 Å². The Bertz CT molecular complexity index is 799. The van der Waals surface area contributed by atoms with Gasteiger partial charge in [-0.2, -0.15) is 0 Å². The van der Waals surface area contributed by atoms with E-state index in [4.69, 9.17) is 0 Å². The number of unbranched alkanes of at least 4 members (excludes halogenated alkanes) is 13. The zero-order valence-electron chi connectivity index (χ0n) is 28.1. The van der Waals surface area contributed by atoms with Gasteiger partial charge in [-0.1, -0.05) is 111 Å². The Morgan fingerprint density at radius 2 is 0.907 bits per heavy atom. The molecule has 0 aromatic heterocycles. The average Bonchev–Trinajstić information content (AvgIpc) is 2.97. The molecule has 0 aromatic rings. The predicted molar refractivity (Wildman–Crippen MR) is 174 cm³/mol. The molecular formula is C35H64N2O6. The van der Waals surface area contributed by atoms with E-state index in [0.29, 0.717) is 44.3 Å². The fourth-order valence-electron chi connectivity index (χ4n) is 5.25. The van der Waals surface area contributed by atoms with E-state index in [2.05, 4.69) is 10.6 Å². The maximum atomic E-state index is 12.9. The molecule has 4 atom stereocenters. The molecule has 0 bridgehead atoms. The second-order valence-corrected chi connectivity index (χ2v) is 12.7. The molecule has 0 aliphatic carbocycles. The van der Waals surface area contributed by atoms with Crippen molar-refractivity contribution in [2.24, 2.45) is 11.8 Å². The van der Waals surface area contributed by atoms with Gasteiger partial charge in [-0.3, -0.25) is 14.4 Å². The third-order valence-electron chi connectivity index (χ3n) is 8.68. The van der Waals surface area contributed by atoms with Crippen LogP contribution in [0.1, 0.15) is 169 Å². The standard InChI is InChI=1S/C35H64N2O6/c1-6-27(3)32(34(41)37-33(35(42)43)28(4)7-2)36-31(40)26-20-18-16-14-12-10-8-9-11-13-15-17-19-24-30(39)25-22-21-23-29(5)38/h27-28,32-33H,6-26H2,1-5H3,(H,36,40)(H,37,41)(H,42,43)/t27-,28-,32-,33-/m0/s1. The summed E-state index contributed by atoms with van der Waals surface area (Å²) in [5, 5.41) is 15.0. The maximum Gasteiger partial charge on any atom is 0.326 e. The molecule has 2 amide bonds. The molecule has 0 rings (SSSR count). The molecule has 0 aliphatic rings. The van der Waals surface area contributed by atoms with Gasteiger partial charge in [-0.25, -0.2) is 4.79 Å². The van der Waals surface area contributed by atoms with Gasteiger partial charge in [0.25, 0.3) is 0 Å². The van der Waals surface area contributed by atoms with Gasteiger partial charge in [-0.15, -0.1) is 0 Å². The van der Waals surface area contributed by atoms with Crippen molar-refractivity contribution in [2.75, 3.05) is 0 Å². The molecule has 0 unspecified atom stereocenters. The van der Waals surface area contributed by atoms with Gasteiger partial charge in [0.1, 0.15) is 23.7 Å². The molecule has 0 aromatic carbocycles. The SMILES string of the molecule is CC[C@H](C)[C@H](NC(=O)[C@@H](NC(=O)CCCCCCCCCCCCCCCC(=O)CCCCC(C)=O)[C@@H](C)CC)C(=O)O. The molecule has 8 nitrogen and oxygen atoms in total. The Balaban J connectivity index is 3.87. The van der Waals surface area contributed by atoms with Crippen LogP contribution in [-0.2, 0) is 24.0 Å². The second-order valence-electron chi connectivity index (χ2n) is 12.7. The van der Waals surface area contributed by atoms with Gasteiger partial charge >= 0.3 is 5.97 Å². The van der Waals surface area contributed by atoms with E-state index in [9.17, 15) is 29.1 Å². The van der Waals surface area contributed by atoms with Crippen molar-refractivity contribution >= 4 is 29.4 Å². The number of ketones is 2. The smallest absolute Gasteiger partial charge is 0.326 e. The van der Waals surface area contributed by atoms with E-state index < -0.39 is 24.0 Å². The highest BCUT2D eigenvalue weighted by atomic mass is 16.4. The molecule has 0 fully saturated rings. The van der Waals surface area contributed by atoms with Crippen molar-refractivity contribution in [3.63, 3.8) is 0 Å². The zero-order valence-corrected chi connectivity index (χ0v) is 28.1. The molecule has 0 aliphatic heterocycles. The number of carbonyl (C=O) groups excluding carboxylic acids is 4. The van der Waals surface area contributed by atoms with Crippen LogP contribution in [0.25, 0.3) is 0 Å². The topological polar surface area (TPSA) is 130 Å². The van der Waals surface area contributed by atoms with Crippen LogP contribution >= 0.6 is 0 Å². The summed E-state index contributed by atoms with van der Waals surface area (Å²) in [7, 11) is 0. The lowest BCUT2D eigenvalue weighted by molar-refractivity contribution is -0.144. The van der Waals surface area contributed by atoms with E-state index in [-0.39, 0.29) is 23.5 Å². The number of carbonyl (C=O) groups is 5. The molecule has 0 saturated carbocycles. The van der Waals surface area contributed by atoms with Crippen molar-refractivity contribution < 1.29 is 29.1 Å². The van der Waals surface area contributed by atoms with E-state index in [1.807, 2.05) is 20.8 Å². The molecule has 0 heterocycles. The number of hydrogen-bond donors (Lipinski definition) is 3. The van der Waals surface area contributed by atoms with Crippen LogP contribution in [0.5, 0.6) is 0 Å². The van der Waals surface area contributed by atoms with Crippen molar-refractivity contribution in [1.82, 2.24) is 10.6 Å². The minimum Gasteiger partial charge on any atom is -0.480 e. The summed E-state index contributed by atoms with van der Waals surface area (Å²) in [6.45, 7) is 9.15. The van der Waals surface area contributed by atoms with Crippen LogP contribution in [0.15, 0.2) is 0 Å². The first-order chi connectivity index (χ1) is 20.5. The number of aliphatic carboxylic acids is 1. The number of carboxylic acids is 1. The van der Waals surface area contributed by atoms with E-state index in [0.717, 1.165) is 44.9 Å². The number of rotatable bonds is 29. The summed E-state index contributed by atoms with van der Waals surface area (Å²) < 4.78 is 0. The summed E-state index contributed by atoms with van der Waals surface area (Å²) in [5.74, 6) is -1.36. The minimum absolute atomic E-state index is 0.0911. The van der Waals surface area contributed by atoms with Gasteiger partial charge < -0.3 is 20.5 Å². The van der Waals surface area contributed by atoms with Gasteiger partial charge in [0, 0.05) is 25.7 Å². The number of hydrogen-bond acceptors (Lipinski definition) is 5. The number of carboxylic acid groups (broad SMARTS) is 1. The van der Waals surface area contributed by atoms with Crippen LogP contribution in [0.4, 0.5) is 0 Å². The summed E-state index contributed by atoms with van der Waals surface area (Å²) in [5.41, 5.74) is 0. The first kappa shape index (κ1) is 40.8. The monoisotopic (exact) mass is 608 g/mol. The van der Waals surface area contributed by atoms with Gasteiger partial charge in [-0.05, 0) is 44.4 Å². The summed E-state index contributed by atoms with van der Waals surface area (Å²) >= 11 is 0. The Labute approximate surface area is 262 Å². The molecule has 43 heavy (non-hydrogen) atoms. The third kappa shape index (κ3) is 22.0. The van der Waals surface area contributed by atoms with Crippen LogP contribution in [0.3, 0.4) is 0 Å². The maximum absolute atomic E-state index is 12.9. The van der Waals surface area contributed by atoms with E-state index >= 15 is 0 Å². The molecule has 8 heteroatoms. The summed E-state index contributed by atoms with van der Waals surface area (Å²) in [6, 6.07) is -1.69. The molecule has 3 N–H and O–H groups in total. The lowest BCUT2D eigenvalue weighted by atomic mass is 9.95. The van der Waals surface area contributed by atoms with Crippen molar-refractivity contribution in [1.29, 1.82) is 0 Å². The Morgan fingerprint density at radius 1 is 0.535 bits per heavy atom. The lowest BCUT2D eigenvalue weighted by Crippen LogP contribution is -2.55. The fraction of sp³-hybridized carbons (Fsp3) is 0.857. The summed E-state index contributed by atoms with van der Waals surface area (Å²) in [4.78, 5) is 59.9. The Morgan fingerprint density at radius 3 is 1.33 bits per heavy atom. The first-order valence-electron chi connectivity index (χ1n) is 17.4. The number of Topliss-reactive ketones (excluding diaryl/α,β-unsaturated/α-hetero) is 2. The highest BCUT2D eigenvalue weighted by molar-refractivity contribution is 5.90. The normalized spacial score (nSPS) is 14.0. The van der Waals surface area contributed by atoms with Crippen LogP contribution in [0.2, 0.25) is 0 Å². The fourth-order valence-corrected chi connectivity index (χ4v) is 5.25. The predicted octanol–water partition coefficient (Wildman–Crippen LogP) is 7.70. The molecule has 250 valence electrons. The van der Waals surface area contributed by atoms with Gasteiger partial charge in [0.2, 0.25) is 11.8 Å². The van der Waals surface area contributed by atoms with Crippen molar-refractivity contribution in [3.8, 4) is 0 Å². The first-order valence-corrected chi connectivity index (χ1v) is 17.4. The van der Waals surface area contributed by atoms with Crippen molar-refractivity contribution in [2.45, 2.75) is 182 Å². The van der Waals surface area contributed by atoms with Crippen molar-refractivity contribution in [3.05, 3.63) is 0 Å². The minimum atomic E-state index is -1.05. The second kappa shape index (κ2) is 26.2. The quantitative estimate of drug-likeness (QED) is 0.0746. The van der Waals surface area contributed by atoms with E-state index in [1.54, 1.807) is 13.8 Å². The molecule has 0 saturated heterocycles. The zero-order chi connectivity index (χ0) is 32.5. The number of amides is 2. The van der Waals surface area contributed by atoms with Crippen LogP contribution in [0, 0.1) is 11.8 Å². The van der Waals surface area contributed by atoms with Crippen LogP contribution in [-0.4, -0.2) is 46.5 Å². The molecule has 0 spiro atoms. The van der Waals surface area contributed by atoms with Gasteiger partial charge in [0.15, 0.2) is 0 Å². The number of nitrogens with one attached hydrogen (secondary N) is 2. The lowest BCUT2D eigenvalue weighted by Gasteiger charge is -2.27. The summed E-state index contributed by atoms with van der Waals surface area (Å²) in [6.07, 6.45) is 20.2. The highest BCUT2D eigenvalue weighted by Gasteiger charge is 2.31. The van der Waals surface area contributed by atoms with Gasteiger partial charge in [0.05, 0.1) is 0 Å². The molecule has 0 radical (unpaired) electrons. The molecular weight excluding hydrogens is 544 g/mol.